The van der Waals surface area contributed by atoms with Crippen LogP contribution in [0.25, 0.3) is 12.2 Å². The summed E-state index contributed by atoms with van der Waals surface area (Å²) in [4.78, 5) is 8.73. The van der Waals surface area contributed by atoms with Gasteiger partial charge in [0.2, 0.25) is 0 Å². The van der Waals surface area contributed by atoms with Gasteiger partial charge in [0.05, 0.1) is 16.9 Å². The monoisotopic (exact) mass is 287 g/mol. The Bertz CT molecular complexity index is 671. The number of nitrogen functional groups attached to an aromatic ring is 1. The molecule has 1 heterocycles. The molecule has 5 nitrogen and oxygen atoms in total. The predicted molar refractivity (Wildman–Crippen MR) is 81.6 cm³/mol. The molecule has 21 heavy (non-hydrogen) atoms. The maximum Gasteiger partial charge on any atom is 0.142 e. The Morgan fingerprint density at radius 2 is 2.14 bits per heavy atom. The number of rotatable bonds is 3. The zero-order valence-electron chi connectivity index (χ0n) is 12.5. The fourth-order valence-corrected chi connectivity index (χ4v) is 3.38. The van der Waals surface area contributed by atoms with Crippen LogP contribution in [0.15, 0.2) is 18.3 Å². The largest absolute Gasteiger partial charge is 0.382 e. The molecule has 3 rings (SSSR count). The molecule has 0 aliphatic heterocycles. The molecule has 0 spiro atoms. The van der Waals surface area contributed by atoms with Gasteiger partial charge in [-0.25, -0.2) is 4.98 Å². The van der Waals surface area contributed by atoms with E-state index in [2.05, 4.69) is 22.1 Å². The van der Waals surface area contributed by atoms with Gasteiger partial charge in [0.1, 0.15) is 17.5 Å². The van der Waals surface area contributed by atoms with E-state index in [-0.39, 0.29) is 6.10 Å². The first kappa shape index (κ1) is 14.2. The van der Waals surface area contributed by atoms with Gasteiger partial charge in [0.15, 0.2) is 0 Å². The van der Waals surface area contributed by atoms with Crippen LogP contribution in [-0.4, -0.2) is 35.9 Å². The molecule has 0 amide bonds. The van der Waals surface area contributed by atoms with E-state index in [0.29, 0.717) is 11.7 Å². The van der Waals surface area contributed by atoms with Gasteiger partial charge in [-0.3, -0.25) is 4.98 Å². The Balaban J connectivity index is 2.16. The van der Waals surface area contributed by atoms with E-state index in [4.69, 9.17) is 15.2 Å². The molecule has 1 aromatic heterocycles. The molecule has 2 aliphatic carbocycles. The average molecular weight is 287 g/mol. The number of hydrogen-bond donors (Lipinski definition) is 1. The third-order valence-electron chi connectivity index (χ3n) is 4.48. The number of methoxy groups -OCH3 is 2. The highest BCUT2D eigenvalue weighted by Crippen LogP contribution is 2.38. The standard InChI is InChI=1S/C16H21N3O2/c1-20-14-8-12-13(19-15(17)10-18-12)9-16(14,21-2)11-6-4-3-5-7-11/h3-4,8-11,14H,5-7H2,1-2H3,(H2,17,19). The van der Waals surface area contributed by atoms with Crippen LogP contribution in [0.3, 0.4) is 0 Å². The van der Waals surface area contributed by atoms with Gasteiger partial charge in [-0.1, -0.05) is 12.2 Å². The third-order valence-corrected chi connectivity index (χ3v) is 4.48. The number of hydrogen-bond acceptors (Lipinski definition) is 5. The molecule has 3 unspecified atom stereocenters. The van der Waals surface area contributed by atoms with Crippen LogP contribution in [0.5, 0.6) is 0 Å². The number of ether oxygens (including phenoxy) is 2. The summed E-state index contributed by atoms with van der Waals surface area (Å²) in [7, 11) is 3.44. The quantitative estimate of drug-likeness (QED) is 0.814. The minimum atomic E-state index is -0.519. The first-order valence-electron chi connectivity index (χ1n) is 7.26. The van der Waals surface area contributed by atoms with Crippen LogP contribution in [-0.2, 0) is 9.47 Å². The summed E-state index contributed by atoms with van der Waals surface area (Å²) < 4.78 is 11.7. The average Bonchev–Trinajstić information content (AvgIpc) is 2.54. The van der Waals surface area contributed by atoms with Crippen molar-refractivity contribution in [1.29, 1.82) is 0 Å². The highest BCUT2D eigenvalue weighted by atomic mass is 16.5. The molecule has 3 atom stereocenters. The first-order chi connectivity index (χ1) is 10.2. The van der Waals surface area contributed by atoms with Crippen molar-refractivity contribution in [3.05, 3.63) is 29.0 Å². The van der Waals surface area contributed by atoms with Crippen molar-refractivity contribution in [2.24, 2.45) is 5.92 Å². The molecule has 2 aliphatic rings. The van der Waals surface area contributed by atoms with Crippen molar-refractivity contribution in [3.8, 4) is 0 Å². The van der Waals surface area contributed by atoms with Gasteiger partial charge in [0.25, 0.3) is 0 Å². The summed E-state index contributed by atoms with van der Waals surface area (Å²) in [6, 6.07) is 0. The molecule has 0 radical (unpaired) electrons. The van der Waals surface area contributed by atoms with Gasteiger partial charge in [-0.05, 0) is 37.3 Å². The van der Waals surface area contributed by atoms with Crippen molar-refractivity contribution in [2.75, 3.05) is 20.0 Å². The van der Waals surface area contributed by atoms with Gasteiger partial charge >= 0.3 is 0 Å². The second-order valence-corrected chi connectivity index (χ2v) is 5.57. The minimum absolute atomic E-state index is 0.176. The molecule has 5 heteroatoms. The lowest BCUT2D eigenvalue weighted by Crippen LogP contribution is -2.55. The zero-order valence-corrected chi connectivity index (χ0v) is 12.5. The van der Waals surface area contributed by atoms with Gasteiger partial charge < -0.3 is 15.2 Å². The Morgan fingerprint density at radius 1 is 1.29 bits per heavy atom. The highest BCUT2D eigenvalue weighted by Gasteiger charge is 2.45. The zero-order chi connectivity index (χ0) is 14.9. The SMILES string of the molecule is COC1C=c2ncc(N)nc2=CC1(OC)C1CC=CCC1. The van der Waals surface area contributed by atoms with Crippen LogP contribution in [0, 0.1) is 5.92 Å². The summed E-state index contributed by atoms with van der Waals surface area (Å²) in [5.41, 5.74) is 5.25. The molecule has 112 valence electrons. The fraction of sp³-hybridized carbons (Fsp3) is 0.500. The van der Waals surface area contributed by atoms with E-state index >= 15 is 0 Å². The number of nitrogens with zero attached hydrogens (tertiary/aromatic N) is 2. The number of nitrogens with two attached hydrogens (primary N) is 1. The predicted octanol–water partition coefficient (Wildman–Crippen LogP) is 0.390. The van der Waals surface area contributed by atoms with E-state index in [9.17, 15) is 0 Å². The number of allylic oxidation sites excluding steroid dienone is 2. The summed E-state index contributed by atoms with van der Waals surface area (Å²) in [5.74, 6) is 0.771. The van der Waals surface area contributed by atoms with Gasteiger partial charge in [0, 0.05) is 14.2 Å². The van der Waals surface area contributed by atoms with E-state index < -0.39 is 5.60 Å². The molecule has 0 bridgehead atoms. The van der Waals surface area contributed by atoms with Crippen molar-refractivity contribution in [2.45, 2.75) is 31.0 Å². The Hall–Kier alpha value is -1.72. The molecular formula is C16H21N3O2. The lowest BCUT2D eigenvalue weighted by Gasteiger charge is -2.43. The van der Waals surface area contributed by atoms with Crippen molar-refractivity contribution >= 4 is 18.0 Å². The lowest BCUT2D eigenvalue weighted by atomic mass is 9.74. The normalized spacial score (nSPS) is 31.1. The van der Waals surface area contributed by atoms with Crippen LogP contribution in [0.4, 0.5) is 5.82 Å². The number of anilines is 1. The maximum absolute atomic E-state index is 5.96. The summed E-state index contributed by atoms with van der Waals surface area (Å²) in [5, 5.41) is 1.58. The molecule has 0 aromatic carbocycles. The van der Waals surface area contributed by atoms with Crippen LogP contribution in [0.1, 0.15) is 19.3 Å². The van der Waals surface area contributed by atoms with Crippen LogP contribution < -0.4 is 16.4 Å². The molecule has 0 fully saturated rings. The first-order valence-corrected chi connectivity index (χ1v) is 7.26. The lowest BCUT2D eigenvalue weighted by molar-refractivity contribution is -0.0859. The minimum Gasteiger partial charge on any atom is -0.382 e. The molecule has 2 N–H and O–H groups in total. The van der Waals surface area contributed by atoms with E-state index in [1.54, 1.807) is 20.4 Å². The van der Waals surface area contributed by atoms with Crippen molar-refractivity contribution in [1.82, 2.24) is 9.97 Å². The topological polar surface area (TPSA) is 70.3 Å². The van der Waals surface area contributed by atoms with Gasteiger partial charge in [-0.2, -0.15) is 0 Å². The van der Waals surface area contributed by atoms with Crippen LogP contribution >= 0.6 is 0 Å². The Morgan fingerprint density at radius 3 is 2.81 bits per heavy atom. The Labute approximate surface area is 124 Å². The summed E-state index contributed by atoms with van der Waals surface area (Å²) >= 11 is 0. The second kappa shape index (κ2) is 5.58. The van der Waals surface area contributed by atoms with E-state index in [0.717, 1.165) is 30.0 Å². The fourth-order valence-electron chi connectivity index (χ4n) is 3.38. The summed E-state index contributed by atoms with van der Waals surface area (Å²) in [6.07, 6.45) is 13.0. The third kappa shape index (κ3) is 2.36. The molecular weight excluding hydrogens is 266 g/mol. The molecule has 1 aromatic rings. The highest BCUT2D eigenvalue weighted by molar-refractivity contribution is 5.50. The van der Waals surface area contributed by atoms with Crippen LogP contribution in [0.2, 0.25) is 0 Å². The number of aromatic nitrogens is 2. The number of fused-ring (bicyclic) bond motifs is 1. The van der Waals surface area contributed by atoms with Gasteiger partial charge in [-0.15, -0.1) is 0 Å². The maximum atomic E-state index is 5.96. The molecule has 0 saturated heterocycles. The van der Waals surface area contributed by atoms with E-state index in [1.165, 1.54) is 0 Å². The van der Waals surface area contributed by atoms with E-state index in [1.807, 2.05) is 12.2 Å². The van der Waals surface area contributed by atoms with Crippen molar-refractivity contribution in [3.63, 3.8) is 0 Å². The molecule has 0 saturated carbocycles. The summed E-state index contributed by atoms with van der Waals surface area (Å²) in [6.45, 7) is 0. The van der Waals surface area contributed by atoms with Crippen molar-refractivity contribution < 1.29 is 9.47 Å². The second-order valence-electron chi connectivity index (χ2n) is 5.57. The smallest absolute Gasteiger partial charge is 0.142 e. The Kier molecular flexibility index (Phi) is 3.78.